The van der Waals surface area contributed by atoms with Crippen LogP contribution in [0.1, 0.15) is 62.8 Å². The van der Waals surface area contributed by atoms with E-state index in [1.165, 1.54) is 11.1 Å². The number of methoxy groups -OCH3 is 1. The number of nitrogens with one attached hydrogen (secondary N) is 2. The molecule has 0 spiro atoms. The molecule has 2 aliphatic rings. The molecule has 2 aromatic carbocycles. The van der Waals surface area contributed by atoms with Crippen molar-refractivity contribution in [2.45, 2.75) is 66.2 Å². The Morgan fingerprint density at radius 2 is 1.27 bits per heavy atom. The molecule has 0 unspecified atom stereocenters. The maximum atomic E-state index is 11.4. The predicted molar refractivity (Wildman–Crippen MR) is 132 cm³/mol. The summed E-state index contributed by atoms with van der Waals surface area (Å²) in [5.41, 5.74) is 6.11. The fourth-order valence-corrected chi connectivity index (χ4v) is 4.30. The number of carbonyl (C=O) groups is 2. The number of rotatable bonds is 5. The third kappa shape index (κ3) is 6.50. The molecular weight excluding hydrogens is 416 g/mol. The molecule has 4 rings (SSSR count). The van der Waals surface area contributed by atoms with Gasteiger partial charge in [0.25, 0.3) is 0 Å². The van der Waals surface area contributed by atoms with E-state index in [-0.39, 0.29) is 11.8 Å². The highest BCUT2D eigenvalue weighted by atomic mass is 16.5. The van der Waals surface area contributed by atoms with E-state index in [4.69, 9.17) is 4.74 Å². The van der Waals surface area contributed by atoms with Crippen LogP contribution in [-0.2, 0) is 35.3 Å². The number of aromatic hydroxyl groups is 1. The lowest BCUT2D eigenvalue weighted by Crippen LogP contribution is -2.19. The topological polar surface area (TPSA) is 87.7 Å². The Kier molecular flexibility index (Phi) is 8.01. The quantitative estimate of drug-likeness (QED) is 0.541. The van der Waals surface area contributed by atoms with Crippen LogP contribution in [0.3, 0.4) is 0 Å². The zero-order chi connectivity index (χ0) is 24.1. The van der Waals surface area contributed by atoms with E-state index in [9.17, 15) is 14.7 Å². The van der Waals surface area contributed by atoms with Crippen molar-refractivity contribution in [1.82, 2.24) is 0 Å². The minimum atomic E-state index is 0.0636. The third-order valence-corrected chi connectivity index (χ3v) is 5.86. The lowest BCUT2D eigenvalue weighted by molar-refractivity contribution is -0.117. The molecule has 0 saturated heterocycles. The van der Waals surface area contributed by atoms with Crippen LogP contribution in [-0.4, -0.2) is 24.0 Å². The highest BCUT2D eigenvalue weighted by molar-refractivity contribution is 5.94. The Labute approximate surface area is 196 Å². The Morgan fingerprint density at radius 3 is 1.79 bits per heavy atom. The van der Waals surface area contributed by atoms with E-state index in [1.807, 2.05) is 6.07 Å². The van der Waals surface area contributed by atoms with Gasteiger partial charge in [-0.05, 0) is 84.0 Å². The van der Waals surface area contributed by atoms with E-state index in [0.29, 0.717) is 30.4 Å². The zero-order valence-electron chi connectivity index (χ0n) is 20.4. The van der Waals surface area contributed by atoms with Crippen LogP contribution in [0.5, 0.6) is 11.5 Å². The second-order valence-electron chi connectivity index (χ2n) is 9.75. The molecule has 0 saturated carbocycles. The molecule has 2 aromatic rings. The number of anilines is 2. The Hall–Kier alpha value is -3.02. The molecule has 178 valence electrons. The number of aryl methyl sites for hydroxylation is 2. The van der Waals surface area contributed by atoms with E-state index in [2.05, 4.69) is 50.5 Å². The van der Waals surface area contributed by atoms with Gasteiger partial charge in [-0.25, -0.2) is 0 Å². The van der Waals surface area contributed by atoms with Gasteiger partial charge in [0.15, 0.2) is 0 Å². The second-order valence-corrected chi connectivity index (χ2v) is 9.75. The fourth-order valence-electron chi connectivity index (χ4n) is 4.30. The van der Waals surface area contributed by atoms with Gasteiger partial charge in [0.1, 0.15) is 11.5 Å². The van der Waals surface area contributed by atoms with Gasteiger partial charge in [-0.1, -0.05) is 27.7 Å². The molecule has 6 nitrogen and oxygen atoms in total. The monoisotopic (exact) mass is 452 g/mol. The summed E-state index contributed by atoms with van der Waals surface area (Å²) in [6, 6.07) is 7.81. The number of ether oxygens (including phenoxy) is 1. The third-order valence-electron chi connectivity index (χ3n) is 5.86. The molecular formula is C27H36N2O4. The first kappa shape index (κ1) is 24.6. The Morgan fingerprint density at radius 1 is 0.788 bits per heavy atom. The van der Waals surface area contributed by atoms with Crippen molar-refractivity contribution >= 4 is 23.2 Å². The second kappa shape index (κ2) is 10.7. The summed E-state index contributed by atoms with van der Waals surface area (Å²) < 4.78 is 5.43. The van der Waals surface area contributed by atoms with Gasteiger partial charge in [-0.3, -0.25) is 9.59 Å². The predicted octanol–water partition coefficient (Wildman–Crippen LogP) is 5.25. The molecule has 0 atom stereocenters. The number of phenols is 1. The average Bonchev–Trinajstić information content (AvgIpc) is 2.74. The summed E-state index contributed by atoms with van der Waals surface area (Å²) in [5.74, 6) is 2.52. The molecule has 0 radical (unpaired) electrons. The van der Waals surface area contributed by atoms with Crippen molar-refractivity contribution in [1.29, 1.82) is 0 Å². The maximum Gasteiger partial charge on any atom is 0.224 e. The van der Waals surface area contributed by atoms with Gasteiger partial charge in [-0.2, -0.15) is 0 Å². The molecule has 2 aliphatic heterocycles. The minimum absolute atomic E-state index is 0.0636. The summed E-state index contributed by atoms with van der Waals surface area (Å²) >= 11 is 0. The van der Waals surface area contributed by atoms with E-state index in [0.717, 1.165) is 53.9 Å². The summed E-state index contributed by atoms with van der Waals surface area (Å²) in [5, 5.41) is 15.6. The van der Waals surface area contributed by atoms with E-state index in [1.54, 1.807) is 13.2 Å². The summed E-state index contributed by atoms with van der Waals surface area (Å²) in [6.07, 6.45) is 4.40. The van der Waals surface area contributed by atoms with Crippen LogP contribution in [0.15, 0.2) is 24.3 Å². The lowest BCUT2D eigenvalue weighted by atomic mass is 9.95. The number of amides is 2. The molecule has 2 heterocycles. The largest absolute Gasteiger partial charge is 0.508 e. The van der Waals surface area contributed by atoms with Crippen molar-refractivity contribution in [2.75, 3.05) is 17.7 Å². The molecule has 0 aliphatic carbocycles. The van der Waals surface area contributed by atoms with Crippen molar-refractivity contribution in [3.63, 3.8) is 0 Å². The number of fused-ring (bicyclic) bond motifs is 2. The summed E-state index contributed by atoms with van der Waals surface area (Å²) in [7, 11) is 1.70. The highest BCUT2D eigenvalue weighted by Crippen LogP contribution is 2.32. The van der Waals surface area contributed by atoms with E-state index < -0.39 is 0 Å². The van der Waals surface area contributed by atoms with Crippen LogP contribution in [0, 0.1) is 11.8 Å². The van der Waals surface area contributed by atoms with Crippen LogP contribution in [0.2, 0.25) is 0 Å². The Bertz CT molecular complexity index is 1030. The summed E-state index contributed by atoms with van der Waals surface area (Å²) in [4.78, 5) is 22.6. The van der Waals surface area contributed by atoms with Gasteiger partial charge < -0.3 is 20.5 Å². The van der Waals surface area contributed by atoms with Crippen LogP contribution in [0.25, 0.3) is 0 Å². The number of hydrogen-bond donors (Lipinski definition) is 3. The first-order valence-corrected chi connectivity index (χ1v) is 11.8. The number of hydrogen-bond acceptors (Lipinski definition) is 4. The number of phenolic OH excluding ortho intramolecular Hbond substituents is 1. The smallest absolute Gasteiger partial charge is 0.224 e. The van der Waals surface area contributed by atoms with Gasteiger partial charge in [0.05, 0.1) is 7.11 Å². The molecule has 3 N–H and O–H groups in total. The molecule has 0 bridgehead atoms. The molecule has 2 amide bonds. The van der Waals surface area contributed by atoms with Gasteiger partial charge >= 0.3 is 0 Å². The van der Waals surface area contributed by atoms with Crippen molar-refractivity contribution in [2.24, 2.45) is 11.8 Å². The number of carbonyl (C=O) groups excluding carboxylic acids is 2. The first-order chi connectivity index (χ1) is 15.7. The van der Waals surface area contributed by atoms with Crippen molar-refractivity contribution in [3.05, 3.63) is 46.5 Å². The lowest BCUT2D eigenvalue weighted by Gasteiger charge is -2.20. The van der Waals surface area contributed by atoms with Crippen LogP contribution >= 0.6 is 0 Å². The van der Waals surface area contributed by atoms with E-state index >= 15 is 0 Å². The fraction of sp³-hybridized carbons (Fsp3) is 0.481. The van der Waals surface area contributed by atoms with Crippen LogP contribution in [0.4, 0.5) is 11.4 Å². The van der Waals surface area contributed by atoms with Gasteiger partial charge in [0, 0.05) is 24.2 Å². The first-order valence-electron chi connectivity index (χ1n) is 11.8. The number of benzene rings is 2. The molecule has 33 heavy (non-hydrogen) atoms. The SMILES string of the molecule is CC(C)Cc1cc2c(cc1O)CCC(=O)N2.COc1cc2c(cc1CC(C)C)NC(=O)CC2. The average molecular weight is 453 g/mol. The van der Waals surface area contributed by atoms with Gasteiger partial charge in [0.2, 0.25) is 11.8 Å². The van der Waals surface area contributed by atoms with Crippen molar-refractivity contribution in [3.8, 4) is 11.5 Å². The molecule has 0 fully saturated rings. The van der Waals surface area contributed by atoms with Crippen LogP contribution < -0.4 is 15.4 Å². The van der Waals surface area contributed by atoms with Crippen molar-refractivity contribution < 1.29 is 19.4 Å². The van der Waals surface area contributed by atoms with Gasteiger partial charge in [-0.15, -0.1) is 0 Å². The molecule has 6 heteroatoms. The minimum Gasteiger partial charge on any atom is -0.508 e. The highest BCUT2D eigenvalue weighted by Gasteiger charge is 2.19. The molecule has 0 aromatic heterocycles. The zero-order valence-corrected chi connectivity index (χ0v) is 20.4. The Balaban J connectivity index is 0.000000186. The normalized spacial score (nSPS) is 14.6. The summed E-state index contributed by atoms with van der Waals surface area (Å²) in [6.45, 7) is 8.57. The maximum absolute atomic E-state index is 11.4. The standard InChI is InChI=1S/C14H19NO2.C13H17NO2/c1-9(2)6-11-7-12-10(8-13(11)17-3)4-5-14(16)15-12;1-8(2)5-10-6-11-9(7-12(10)15)3-4-13(16)14-11/h7-9H,4-6H2,1-3H3,(H,15,16);6-8,15H,3-5H2,1-2H3,(H,14,16).